The minimum atomic E-state index is 0.407. The molecule has 0 bridgehead atoms. The molecule has 1 nitrogen and oxygen atoms in total. The van der Waals surface area contributed by atoms with Gasteiger partial charge in [0, 0.05) is 12.3 Å². The smallest absolute Gasteiger partial charge is 0.136 e. The fourth-order valence-electron chi connectivity index (χ4n) is 1.73. The van der Waals surface area contributed by atoms with Crippen molar-refractivity contribution in [3.05, 3.63) is 0 Å². The van der Waals surface area contributed by atoms with Crippen LogP contribution in [0.25, 0.3) is 0 Å². The lowest BCUT2D eigenvalue weighted by atomic mass is 9.90. The molecule has 2 atom stereocenters. The second kappa shape index (κ2) is 3.18. The molecule has 0 aliphatic heterocycles. The van der Waals surface area contributed by atoms with Gasteiger partial charge in [0.05, 0.1) is 0 Å². The van der Waals surface area contributed by atoms with E-state index in [2.05, 4.69) is 13.8 Å². The van der Waals surface area contributed by atoms with E-state index in [0.29, 0.717) is 17.6 Å². The number of carbonyl (C=O) groups is 1. The van der Waals surface area contributed by atoms with Crippen LogP contribution < -0.4 is 0 Å². The predicted octanol–water partition coefficient (Wildman–Crippen LogP) is 2.40. The Labute approximate surface area is 62.8 Å². The van der Waals surface area contributed by atoms with E-state index in [1.165, 1.54) is 0 Å². The lowest BCUT2D eigenvalue weighted by Gasteiger charge is -2.14. The zero-order valence-electron chi connectivity index (χ0n) is 6.89. The van der Waals surface area contributed by atoms with Gasteiger partial charge in [0.2, 0.25) is 0 Å². The molecular weight excluding hydrogens is 124 g/mol. The Balaban J connectivity index is 2.46. The van der Waals surface area contributed by atoms with Crippen molar-refractivity contribution in [3.63, 3.8) is 0 Å². The van der Waals surface area contributed by atoms with Crippen LogP contribution in [0.2, 0.25) is 0 Å². The van der Waals surface area contributed by atoms with Gasteiger partial charge in [-0.25, -0.2) is 0 Å². The molecule has 0 aromatic carbocycles. The Morgan fingerprint density at radius 2 is 2.40 bits per heavy atom. The highest BCUT2D eigenvalue weighted by atomic mass is 16.1. The van der Waals surface area contributed by atoms with Crippen molar-refractivity contribution in [2.24, 2.45) is 11.8 Å². The summed E-state index contributed by atoms with van der Waals surface area (Å²) in [7, 11) is 0. The molecule has 1 rings (SSSR count). The number of ketones is 1. The molecule has 1 fully saturated rings. The van der Waals surface area contributed by atoms with Crippen LogP contribution in [0.1, 0.15) is 39.5 Å². The summed E-state index contributed by atoms with van der Waals surface area (Å²) in [5.41, 5.74) is 0. The van der Waals surface area contributed by atoms with E-state index in [1.54, 1.807) is 0 Å². The summed E-state index contributed by atoms with van der Waals surface area (Å²) in [5.74, 6) is 1.54. The molecular formula is C9H16O. The molecule has 1 aliphatic carbocycles. The van der Waals surface area contributed by atoms with Gasteiger partial charge >= 0.3 is 0 Å². The number of Topliss-reactive ketones (excluding diaryl/α,β-unsaturated/α-hetero) is 1. The van der Waals surface area contributed by atoms with E-state index in [-0.39, 0.29) is 0 Å². The lowest BCUT2D eigenvalue weighted by molar-refractivity contribution is -0.121. The lowest BCUT2D eigenvalue weighted by Crippen LogP contribution is -2.14. The van der Waals surface area contributed by atoms with Crippen LogP contribution >= 0.6 is 0 Å². The first-order valence-corrected chi connectivity index (χ1v) is 4.28. The quantitative estimate of drug-likeness (QED) is 0.575. The summed E-state index contributed by atoms with van der Waals surface area (Å²) in [6.07, 6.45) is 4.27. The largest absolute Gasteiger partial charge is 0.299 e. The van der Waals surface area contributed by atoms with Gasteiger partial charge in [-0.05, 0) is 18.8 Å². The standard InChI is InChI=1S/C9H16O/c1-3-7(2)8-5-4-6-9(8)10/h7-8H,3-6H2,1-2H3. The van der Waals surface area contributed by atoms with Gasteiger partial charge in [-0.15, -0.1) is 0 Å². The van der Waals surface area contributed by atoms with Crippen LogP contribution in [-0.4, -0.2) is 5.78 Å². The number of carbonyl (C=O) groups excluding carboxylic acids is 1. The molecule has 0 N–H and O–H groups in total. The minimum absolute atomic E-state index is 0.407. The predicted molar refractivity (Wildman–Crippen MR) is 41.8 cm³/mol. The number of hydrogen-bond acceptors (Lipinski definition) is 1. The van der Waals surface area contributed by atoms with E-state index < -0.39 is 0 Å². The highest BCUT2D eigenvalue weighted by Crippen LogP contribution is 2.29. The summed E-state index contributed by atoms with van der Waals surface area (Å²) in [6.45, 7) is 4.35. The molecule has 0 amide bonds. The average Bonchev–Trinajstić information content (AvgIpc) is 2.34. The van der Waals surface area contributed by atoms with Crippen LogP contribution in [0.3, 0.4) is 0 Å². The average molecular weight is 140 g/mol. The van der Waals surface area contributed by atoms with E-state index in [0.717, 1.165) is 25.7 Å². The van der Waals surface area contributed by atoms with Crippen LogP contribution in [0.15, 0.2) is 0 Å². The Kier molecular flexibility index (Phi) is 2.47. The molecule has 58 valence electrons. The fourth-order valence-corrected chi connectivity index (χ4v) is 1.73. The molecule has 0 aromatic heterocycles. The van der Waals surface area contributed by atoms with Crippen LogP contribution in [0.4, 0.5) is 0 Å². The van der Waals surface area contributed by atoms with Crippen LogP contribution in [0.5, 0.6) is 0 Å². The van der Waals surface area contributed by atoms with Crippen molar-refractivity contribution in [1.82, 2.24) is 0 Å². The SMILES string of the molecule is CCC(C)C1CCCC1=O. The number of hydrogen-bond donors (Lipinski definition) is 0. The molecule has 0 radical (unpaired) electrons. The van der Waals surface area contributed by atoms with Gasteiger partial charge in [0.25, 0.3) is 0 Å². The highest BCUT2D eigenvalue weighted by molar-refractivity contribution is 5.83. The molecule has 1 saturated carbocycles. The first-order valence-electron chi connectivity index (χ1n) is 4.28. The summed E-state index contributed by atoms with van der Waals surface area (Å²) >= 11 is 0. The van der Waals surface area contributed by atoms with Crippen molar-refractivity contribution in [3.8, 4) is 0 Å². The van der Waals surface area contributed by atoms with Gasteiger partial charge in [-0.3, -0.25) is 4.79 Å². The molecule has 1 heteroatoms. The van der Waals surface area contributed by atoms with E-state index >= 15 is 0 Å². The Hall–Kier alpha value is -0.330. The van der Waals surface area contributed by atoms with Gasteiger partial charge < -0.3 is 0 Å². The summed E-state index contributed by atoms with van der Waals surface area (Å²) in [4.78, 5) is 11.2. The molecule has 2 unspecified atom stereocenters. The summed E-state index contributed by atoms with van der Waals surface area (Å²) in [5, 5.41) is 0. The maximum absolute atomic E-state index is 11.2. The Morgan fingerprint density at radius 1 is 1.70 bits per heavy atom. The van der Waals surface area contributed by atoms with Gasteiger partial charge in [0.15, 0.2) is 0 Å². The first kappa shape index (κ1) is 7.77. The molecule has 0 aromatic rings. The molecule has 1 aliphatic rings. The normalized spacial score (nSPS) is 29.0. The van der Waals surface area contributed by atoms with Crippen molar-refractivity contribution in [1.29, 1.82) is 0 Å². The third-order valence-corrected chi connectivity index (χ3v) is 2.68. The van der Waals surface area contributed by atoms with Gasteiger partial charge in [-0.2, -0.15) is 0 Å². The molecule has 10 heavy (non-hydrogen) atoms. The second-order valence-corrected chi connectivity index (χ2v) is 3.35. The third-order valence-electron chi connectivity index (χ3n) is 2.68. The van der Waals surface area contributed by atoms with Crippen LogP contribution in [0, 0.1) is 11.8 Å². The van der Waals surface area contributed by atoms with Crippen molar-refractivity contribution in [2.45, 2.75) is 39.5 Å². The van der Waals surface area contributed by atoms with Crippen LogP contribution in [-0.2, 0) is 4.79 Å². The van der Waals surface area contributed by atoms with Crippen molar-refractivity contribution in [2.75, 3.05) is 0 Å². The third kappa shape index (κ3) is 1.39. The minimum Gasteiger partial charge on any atom is -0.299 e. The van der Waals surface area contributed by atoms with E-state index in [9.17, 15) is 4.79 Å². The first-order chi connectivity index (χ1) is 4.75. The topological polar surface area (TPSA) is 17.1 Å². The molecule has 0 saturated heterocycles. The zero-order valence-corrected chi connectivity index (χ0v) is 6.89. The monoisotopic (exact) mass is 140 g/mol. The fraction of sp³-hybridized carbons (Fsp3) is 0.889. The Bertz CT molecular complexity index is 129. The maximum Gasteiger partial charge on any atom is 0.136 e. The molecule has 0 heterocycles. The zero-order chi connectivity index (χ0) is 7.56. The molecule has 0 spiro atoms. The van der Waals surface area contributed by atoms with Crippen molar-refractivity contribution >= 4 is 5.78 Å². The van der Waals surface area contributed by atoms with E-state index in [1.807, 2.05) is 0 Å². The van der Waals surface area contributed by atoms with Crippen molar-refractivity contribution < 1.29 is 4.79 Å². The highest BCUT2D eigenvalue weighted by Gasteiger charge is 2.27. The maximum atomic E-state index is 11.2. The van der Waals surface area contributed by atoms with Gasteiger partial charge in [-0.1, -0.05) is 20.3 Å². The number of rotatable bonds is 2. The van der Waals surface area contributed by atoms with E-state index in [4.69, 9.17) is 0 Å². The second-order valence-electron chi connectivity index (χ2n) is 3.35. The summed E-state index contributed by atoms with van der Waals surface area (Å²) < 4.78 is 0. The Morgan fingerprint density at radius 3 is 2.80 bits per heavy atom. The summed E-state index contributed by atoms with van der Waals surface area (Å²) in [6, 6.07) is 0. The van der Waals surface area contributed by atoms with Gasteiger partial charge in [0.1, 0.15) is 5.78 Å².